The highest BCUT2D eigenvalue weighted by atomic mass is 79.9. The standard InChI is InChI=1S/C13H12BrClO/c14-11-8-4-7-10(12(11)15)13(16)9-5-2-1-3-6-9/h4-5,7-8H,1-3,6H2. The Balaban J connectivity index is 2.33. The highest BCUT2D eigenvalue weighted by molar-refractivity contribution is 9.10. The average Bonchev–Trinajstić information content (AvgIpc) is 2.33. The summed E-state index contributed by atoms with van der Waals surface area (Å²) in [6.45, 7) is 0. The molecule has 0 heterocycles. The van der Waals surface area contributed by atoms with Gasteiger partial charge < -0.3 is 0 Å². The lowest BCUT2D eigenvalue weighted by Gasteiger charge is -2.12. The Kier molecular flexibility index (Phi) is 3.82. The summed E-state index contributed by atoms with van der Waals surface area (Å²) in [5, 5.41) is 0.513. The number of carbonyl (C=O) groups excluding carboxylic acids is 1. The number of halogens is 2. The molecule has 0 saturated heterocycles. The van der Waals surface area contributed by atoms with E-state index in [4.69, 9.17) is 11.6 Å². The molecular formula is C13H12BrClO. The second kappa shape index (κ2) is 5.15. The molecule has 2 rings (SSSR count). The molecule has 0 saturated carbocycles. The Labute approximate surface area is 109 Å². The lowest BCUT2D eigenvalue weighted by molar-refractivity contribution is 0.102. The van der Waals surface area contributed by atoms with Gasteiger partial charge in [0.25, 0.3) is 0 Å². The lowest BCUT2D eigenvalue weighted by atomic mass is 9.93. The van der Waals surface area contributed by atoms with Gasteiger partial charge in [0.2, 0.25) is 0 Å². The van der Waals surface area contributed by atoms with Gasteiger partial charge in [-0.2, -0.15) is 0 Å². The van der Waals surface area contributed by atoms with E-state index in [1.54, 1.807) is 6.07 Å². The zero-order valence-electron chi connectivity index (χ0n) is 8.80. The van der Waals surface area contributed by atoms with E-state index in [0.29, 0.717) is 10.6 Å². The van der Waals surface area contributed by atoms with Crippen LogP contribution in [0.3, 0.4) is 0 Å². The van der Waals surface area contributed by atoms with E-state index in [2.05, 4.69) is 15.9 Å². The third-order valence-electron chi connectivity index (χ3n) is 2.78. The molecule has 0 radical (unpaired) electrons. The first-order chi connectivity index (χ1) is 7.70. The van der Waals surface area contributed by atoms with Crippen molar-refractivity contribution in [2.24, 2.45) is 0 Å². The minimum atomic E-state index is 0.0750. The number of hydrogen-bond donors (Lipinski definition) is 0. The highest BCUT2D eigenvalue weighted by Crippen LogP contribution is 2.29. The molecule has 0 aromatic heterocycles. The third kappa shape index (κ3) is 2.38. The van der Waals surface area contributed by atoms with Crippen molar-refractivity contribution in [1.82, 2.24) is 0 Å². The monoisotopic (exact) mass is 298 g/mol. The largest absolute Gasteiger partial charge is 0.289 e. The summed E-state index contributed by atoms with van der Waals surface area (Å²) in [5.74, 6) is 0.0750. The van der Waals surface area contributed by atoms with Gasteiger partial charge in [-0.15, -0.1) is 0 Å². The lowest BCUT2D eigenvalue weighted by Crippen LogP contribution is -2.07. The second-order valence-electron chi connectivity index (χ2n) is 3.91. The van der Waals surface area contributed by atoms with Crippen molar-refractivity contribution in [2.45, 2.75) is 25.7 Å². The average molecular weight is 300 g/mol. The molecule has 16 heavy (non-hydrogen) atoms. The summed E-state index contributed by atoms with van der Waals surface area (Å²) in [4.78, 5) is 12.2. The van der Waals surface area contributed by atoms with Gasteiger partial charge in [-0.3, -0.25) is 4.79 Å². The molecule has 1 nitrogen and oxygen atoms in total. The summed E-state index contributed by atoms with van der Waals surface area (Å²) in [5.41, 5.74) is 1.51. The van der Waals surface area contributed by atoms with Gasteiger partial charge in [-0.25, -0.2) is 0 Å². The van der Waals surface area contributed by atoms with E-state index < -0.39 is 0 Å². The number of benzene rings is 1. The summed E-state index contributed by atoms with van der Waals surface area (Å²) in [6.07, 6.45) is 6.21. The molecule has 0 spiro atoms. The molecule has 0 aliphatic heterocycles. The normalized spacial score (nSPS) is 15.8. The number of Topliss-reactive ketones (excluding diaryl/α,β-unsaturated/α-hetero) is 1. The van der Waals surface area contributed by atoms with Crippen LogP contribution in [0.15, 0.2) is 34.3 Å². The van der Waals surface area contributed by atoms with Crippen LogP contribution in [0.2, 0.25) is 5.02 Å². The second-order valence-corrected chi connectivity index (χ2v) is 5.14. The molecule has 3 heteroatoms. The molecule has 1 aromatic carbocycles. The quantitative estimate of drug-likeness (QED) is 0.718. The zero-order valence-corrected chi connectivity index (χ0v) is 11.1. The number of rotatable bonds is 2. The maximum atomic E-state index is 12.2. The van der Waals surface area contributed by atoms with Gasteiger partial charge in [0, 0.05) is 10.0 Å². The van der Waals surface area contributed by atoms with Gasteiger partial charge in [-0.05, 0) is 59.3 Å². The van der Waals surface area contributed by atoms with Gasteiger partial charge in [0.1, 0.15) is 0 Å². The van der Waals surface area contributed by atoms with Crippen molar-refractivity contribution in [3.05, 3.63) is 44.9 Å². The summed E-state index contributed by atoms with van der Waals surface area (Å²) >= 11 is 9.45. The molecule has 0 bridgehead atoms. The predicted molar refractivity (Wildman–Crippen MR) is 70.0 cm³/mol. The number of carbonyl (C=O) groups is 1. The van der Waals surface area contributed by atoms with Gasteiger partial charge in [-0.1, -0.05) is 23.7 Å². The Morgan fingerprint density at radius 3 is 2.81 bits per heavy atom. The van der Waals surface area contributed by atoms with Gasteiger partial charge >= 0.3 is 0 Å². The van der Waals surface area contributed by atoms with E-state index >= 15 is 0 Å². The molecule has 1 aliphatic carbocycles. The van der Waals surface area contributed by atoms with E-state index in [0.717, 1.165) is 29.3 Å². The minimum absolute atomic E-state index is 0.0750. The fourth-order valence-corrected chi connectivity index (χ4v) is 2.47. The van der Waals surface area contributed by atoms with E-state index in [-0.39, 0.29) is 5.78 Å². The summed E-state index contributed by atoms with van der Waals surface area (Å²) < 4.78 is 0.774. The Morgan fingerprint density at radius 1 is 1.31 bits per heavy atom. The molecule has 0 fully saturated rings. The van der Waals surface area contributed by atoms with Crippen molar-refractivity contribution in [3.63, 3.8) is 0 Å². The Hall–Kier alpha value is -0.600. The van der Waals surface area contributed by atoms with Crippen LogP contribution in [0.1, 0.15) is 36.0 Å². The van der Waals surface area contributed by atoms with E-state index in [1.807, 2.05) is 18.2 Å². The molecule has 84 valence electrons. The fraction of sp³-hybridized carbons (Fsp3) is 0.308. The van der Waals surface area contributed by atoms with Crippen molar-refractivity contribution in [3.8, 4) is 0 Å². The minimum Gasteiger partial charge on any atom is -0.289 e. The summed E-state index contributed by atoms with van der Waals surface area (Å²) in [7, 11) is 0. The van der Waals surface area contributed by atoms with Crippen LogP contribution in [0, 0.1) is 0 Å². The first-order valence-corrected chi connectivity index (χ1v) is 6.55. The van der Waals surface area contributed by atoms with Crippen LogP contribution in [0.4, 0.5) is 0 Å². The third-order valence-corrected chi connectivity index (χ3v) is 4.08. The van der Waals surface area contributed by atoms with Gasteiger partial charge in [0.05, 0.1) is 5.02 Å². The number of ketones is 1. The Bertz CT molecular complexity index is 451. The smallest absolute Gasteiger partial charge is 0.190 e. The van der Waals surface area contributed by atoms with Crippen molar-refractivity contribution < 1.29 is 4.79 Å². The van der Waals surface area contributed by atoms with Crippen molar-refractivity contribution >= 4 is 33.3 Å². The zero-order chi connectivity index (χ0) is 11.5. The predicted octanol–water partition coefficient (Wildman–Crippen LogP) is 4.79. The SMILES string of the molecule is O=C(C1=CCCCC1)c1cccc(Br)c1Cl. The molecule has 0 unspecified atom stereocenters. The molecule has 1 aliphatic rings. The van der Waals surface area contributed by atoms with Crippen LogP contribution in [0.25, 0.3) is 0 Å². The van der Waals surface area contributed by atoms with E-state index in [1.165, 1.54) is 6.42 Å². The molecule has 0 atom stereocenters. The maximum Gasteiger partial charge on any atom is 0.190 e. The first kappa shape index (κ1) is 11.9. The highest BCUT2D eigenvalue weighted by Gasteiger charge is 2.17. The molecular weight excluding hydrogens is 287 g/mol. The molecule has 0 N–H and O–H groups in total. The van der Waals surface area contributed by atoms with Crippen LogP contribution in [0.5, 0.6) is 0 Å². The van der Waals surface area contributed by atoms with Gasteiger partial charge in [0.15, 0.2) is 5.78 Å². The first-order valence-electron chi connectivity index (χ1n) is 5.38. The number of hydrogen-bond acceptors (Lipinski definition) is 1. The number of allylic oxidation sites excluding steroid dienone is 2. The Morgan fingerprint density at radius 2 is 2.12 bits per heavy atom. The van der Waals surface area contributed by atoms with Crippen LogP contribution < -0.4 is 0 Å². The van der Waals surface area contributed by atoms with Crippen LogP contribution in [-0.4, -0.2) is 5.78 Å². The van der Waals surface area contributed by atoms with Crippen LogP contribution in [-0.2, 0) is 0 Å². The summed E-state index contributed by atoms with van der Waals surface area (Å²) in [6, 6.07) is 5.46. The van der Waals surface area contributed by atoms with Crippen molar-refractivity contribution in [1.29, 1.82) is 0 Å². The van der Waals surface area contributed by atoms with Crippen molar-refractivity contribution in [2.75, 3.05) is 0 Å². The molecule has 1 aromatic rings. The maximum absolute atomic E-state index is 12.2. The topological polar surface area (TPSA) is 17.1 Å². The fourth-order valence-electron chi connectivity index (χ4n) is 1.90. The van der Waals surface area contributed by atoms with E-state index in [9.17, 15) is 4.79 Å². The molecule has 0 amide bonds. The van der Waals surface area contributed by atoms with Crippen LogP contribution >= 0.6 is 27.5 Å².